The lowest BCUT2D eigenvalue weighted by Gasteiger charge is -2.19. The average molecular weight is 343 g/mol. The average Bonchev–Trinajstić information content (AvgIpc) is 2.61. The molecule has 6 heteroatoms. The summed E-state index contributed by atoms with van der Waals surface area (Å²) in [6.45, 7) is 7.49. The largest absolute Gasteiger partial charge is 0.460 e. The lowest BCUT2D eigenvalue weighted by atomic mass is 10.1. The van der Waals surface area contributed by atoms with Gasteiger partial charge in [-0.25, -0.2) is 9.97 Å². The van der Waals surface area contributed by atoms with Crippen LogP contribution in [0.25, 0.3) is 10.3 Å². The van der Waals surface area contributed by atoms with Crippen LogP contribution in [-0.2, 0) is 16.0 Å². The first-order chi connectivity index (χ1) is 8.76. The number of nitrogens with zero attached hydrogens (tertiary/aromatic N) is 2. The van der Waals surface area contributed by atoms with Crippen LogP contribution in [0.2, 0.25) is 0 Å². The Morgan fingerprint density at radius 2 is 2.16 bits per heavy atom. The molecular weight excluding hydrogens is 328 g/mol. The fourth-order valence-corrected chi connectivity index (χ4v) is 3.07. The molecule has 4 nitrogen and oxygen atoms in total. The Morgan fingerprint density at radius 1 is 1.47 bits per heavy atom. The van der Waals surface area contributed by atoms with E-state index in [9.17, 15) is 4.79 Å². The van der Waals surface area contributed by atoms with Crippen molar-refractivity contribution in [2.75, 3.05) is 0 Å². The molecule has 0 aromatic carbocycles. The van der Waals surface area contributed by atoms with Gasteiger partial charge in [-0.05, 0) is 49.2 Å². The van der Waals surface area contributed by atoms with Crippen LogP contribution >= 0.6 is 27.3 Å². The van der Waals surface area contributed by atoms with Gasteiger partial charge in [0.2, 0.25) is 0 Å². The van der Waals surface area contributed by atoms with Gasteiger partial charge in [0.15, 0.2) is 0 Å². The lowest BCUT2D eigenvalue weighted by Crippen LogP contribution is -2.25. The smallest absolute Gasteiger partial charge is 0.310 e. The third-order valence-electron chi connectivity index (χ3n) is 2.30. The minimum atomic E-state index is -0.474. The highest BCUT2D eigenvalue weighted by molar-refractivity contribution is 9.10. The summed E-state index contributed by atoms with van der Waals surface area (Å²) >= 11 is 5.04. The maximum atomic E-state index is 11.8. The number of carbonyl (C=O) groups excluding carboxylic acids is 1. The quantitative estimate of drug-likeness (QED) is 0.781. The summed E-state index contributed by atoms with van der Waals surface area (Å²) in [5.74, 6) is -0.263. The van der Waals surface area contributed by atoms with Crippen molar-refractivity contribution in [3.05, 3.63) is 21.2 Å². The third kappa shape index (κ3) is 3.51. The molecule has 2 aromatic heterocycles. The van der Waals surface area contributed by atoms with Crippen molar-refractivity contribution >= 4 is 43.6 Å². The fraction of sp³-hybridized carbons (Fsp3) is 0.462. The van der Waals surface area contributed by atoms with Crippen LogP contribution in [0.1, 0.15) is 31.3 Å². The molecule has 0 fully saturated rings. The highest BCUT2D eigenvalue weighted by Gasteiger charge is 2.19. The number of ether oxygens (including phenoxy) is 1. The first-order valence-corrected chi connectivity index (χ1v) is 7.49. The number of halogens is 1. The zero-order valence-electron chi connectivity index (χ0n) is 11.3. The van der Waals surface area contributed by atoms with Crippen molar-refractivity contribution in [1.29, 1.82) is 0 Å². The number of pyridine rings is 1. The van der Waals surface area contributed by atoms with Crippen LogP contribution < -0.4 is 0 Å². The van der Waals surface area contributed by atoms with Crippen molar-refractivity contribution in [2.24, 2.45) is 0 Å². The van der Waals surface area contributed by atoms with Gasteiger partial charge in [-0.3, -0.25) is 4.79 Å². The number of rotatable bonds is 2. The molecule has 2 heterocycles. The molecule has 0 amide bonds. The van der Waals surface area contributed by atoms with E-state index in [1.165, 1.54) is 11.3 Å². The Kier molecular flexibility index (Phi) is 3.92. The summed E-state index contributed by atoms with van der Waals surface area (Å²) in [7, 11) is 0. The second-order valence-corrected chi connectivity index (χ2v) is 7.22. The van der Waals surface area contributed by atoms with Crippen LogP contribution in [0.4, 0.5) is 0 Å². The van der Waals surface area contributed by atoms with E-state index < -0.39 is 5.60 Å². The number of thiazole rings is 1. The minimum Gasteiger partial charge on any atom is -0.460 e. The standard InChI is InChI=1S/C13H15BrN2O2S/c1-7-16-11-10(14)8(6-15-12(11)19-7)5-9(17)18-13(2,3)4/h6H,5H2,1-4H3. The van der Waals surface area contributed by atoms with Crippen molar-refractivity contribution in [3.8, 4) is 0 Å². The number of fused-ring (bicyclic) bond motifs is 1. The first kappa shape index (κ1) is 14.4. The Morgan fingerprint density at radius 3 is 2.79 bits per heavy atom. The molecule has 0 radical (unpaired) electrons. The van der Waals surface area contributed by atoms with E-state index in [1.54, 1.807) is 6.20 Å². The summed E-state index contributed by atoms with van der Waals surface area (Å²) in [6.07, 6.45) is 1.89. The molecule has 0 N–H and O–H groups in total. The van der Waals surface area contributed by atoms with E-state index in [2.05, 4.69) is 25.9 Å². The maximum absolute atomic E-state index is 11.8. The zero-order valence-corrected chi connectivity index (χ0v) is 13.7. The van der Waals surface area contributed by atoms with Crippen LogP contribution in [-0.4, -0.2) is 21.5 Å². The Balaban J connectivity index is 2.26. The van der Waals surface area contributed by atoms with E-state index in [0.717, 1.165) is 25.4 Å². The van der Waals surface area contributed by atoms with Gasteiger partial charge < -0.3 is 4.74 Å². The van der Waals surface area contributed by atoms with Crippen LogP contribution in [0.15, 0.2) is 10.7 Å². The van der Waals surface area contributed by atoms with Crippen molar-refractivity contribution in [1.82, 2.24) is 9.97 Å². The molecule has 0 saturated carbocycles. The van der Waals surface area contributed by atoms with Gasteiger partial charge in [-0.2, -0.15) is 0 Å². The molecule has 2 rings (SSSR count). The highest BCUT2D eigenvalue weighted by Crippen LogP contribution is 2.29. The molecule has 0 aliphatic heterocycles. The topological polar surface area (TPSA) is 52.1 Å². The van der Waals surface area contributed by atoms with Crippen molar-refractivity contribution in [2.45, 2.75) is 39.7 Å². The first-order valence-electron chi connectivity index (χ1n) is 5.88. The molecule has 0 bridgehead atoms. The third-order valence-corrected chi connectivity index (χ3v) is 4.06. The second-order valence-electron chi connectivity index (χ2n) is 5.25. The number of aromatic nitrogens is 2. The second kappa shape index (κ2) is 5.17. The highest BCUT2D eigenvalue weighted by atomic mass is 79.9. The lowest BCUT2D eigenvalue weighted by molar-refractivity contribution is -0.153. The predicted molar refractivity (Wildman–Crippen MR) is 79.4 cm³/mol. The van der Waals surface area contributed by atoms with Crippen LogP contribution in [0.3, 0.4) is 0 Å². The van der Waals surface area contributed by atoms with Crippen molar-refractivity contribution in [3.63, 3.8) is 0 Å². The Bertz CT molecular complexity index is 631. The minimum absolute atomic E-state index is 0.192. The molecule has 0 atom stereocenters. The molecule has 0 spiro atoms. The number of carbonyl (C=O) groups is 1. The number of aryl methyl sites for hydroxylation is 1. The van der Waals surface area contributed by atoms with Gasteiger partial charge in [0.05, 0.1) is 15.9 Å². The molecule has 19 heavy (non-hydrogen) atoms. The fourth-order valence-electron chi connectivity index (χ4n) is 1.65. The summed E-state index contributed by atoms with van der Waals surface area (Å²) in [4.78, 5) is 21.4. The van der Waals surface area contributed by atoms with E-state index in [-0.39, 0.29) is 12.4 Å². The molecule has 102 valence electrons. The maximum Gasteiger partial charge on any atom is 0.310 e. The summed E-state index contributed by atoms with van der Waals surface area (Å²) in [5, 5.41) is 0.956. The van der Waals surface area contributed by atoms with Gasteiger partial charge in [0.25, 0.3) is 0 Å². The van der Waals surface area contributed by atoms with Gasteiger partial charge in [-0.1, -0.05) is 11.3 Å². The predicted octanol–water partition coefficient (Wildman–Crippen LogP) is 3.65. The van der Waals surface area contributed by atoms with Crippen LogP contribution in [0, 0.1) is 6.92 Å². The molecule has 0 aliphatic rings. The van der Waals surface area contributed by atoms with E-state index in [4.69, 9.17) is 4.74 Å². The van der Waals surface area contributed by atoms with Crippen LogP contribution in [0.5, 0.6) is 0 Å². The molecular formula is C13H15BrN2O2S. The Hall–Kier alpha value is -1.01. The normalized spacial score (nSPS) is 11.8. The van der Waals surface area contributed by atoms with E-state index >= 15 is 0 Å². The molecule has 0 saturated heterocycles. The van der Waals surface area contributed by atoms with Gasteiger partial charge in [0, 0.05) is 6.20 Å². The monoisotopic (exact) mass is 342 g/mol. The Labute approximate surface area is 124 Å². The van der Waals surface area contributed by atoms with Gasteiger partial charge >= 0.3 is 5.97 Å². The number of hydrogen-bond donors (Lipinski definition) is 0. The SMILES string of the molecule is Cc1nc2c(Br)c(CC(=O)OC(C)(C)C)cnc2s1. The summed E-state index contributed by atoms with van der Waals surface area (Å²) in [6, 6.07) is 0. The van der Waals surface area contributed by atoms with Crippen molar-refractivity contribution < 1.29 is 9.53 Å². The van der Waals surface area contributed by atoms with E-state index in [1.807, 2.05) is 27.7 Å². The molecule has 0 aliphatic carbocycles. The molecule has 2 aromatic rings. The number of hydrogen-bond acceptors (Lipinski definition) is 5. The molecule has 0 unspecified atom stereocenters. The zero-order chi connectivity index (χ0) is 14.2. The summed E-state index contributed by atoms with van der Waals surface area (Å²) in [5.41, 5.74) is 1.13. The summed E-state index contributed by atoms with van der Waals surface area (Å²) < 4.78 is 6.14. The van der Waals surface area contributed by atoms with Gasteiger partial charge in [-0.15, -0.1) is 0 Å². The van der Waals surface area contributed by atoms with Gasteiger partial charge in [0.1, 0.15) is 15.9 Å². The number of esters is 1. The van der Waals surface area contributed by atoms with E-state index in [0.29, 0.717) is 0 Å².